The van der Waals surface area contributed by atoms with E-state index in [2.05, 4.69) is 0 Å². The third kappa shape index (κ3) is 4.82. The quantitative estimate of drug-likeness (QED) is 0.616. The standard InChI is InChI=1S/C18H22O8S/c1-23-15-11-13(25-9-7-19)3-5-17(15)27(21,22)18-6-4-14(26-10-8-20)12-16(18)24-2/h3-6,11-12,19-20H,7-10H2,1-2H3. The van der Waals surface area contributed by atoms with Gasteiger partial charge < -0.3 is 29.2 Å². The Labute approximate surface area is 157 Å². The van der Waals surface area contributed by atoms with E-state index in [1.807, 2.05) is 0 Å². The summed E-state index contributed by atoms with van der Waals surface area (Å²) in [5.74, 6) is 0.959. The SMILES string of the molecule is COc1cc(OCCO)ccc1S(=O)(=O)c1ccc(OCCO)cc1OC. The molecule has 0 aliphatic carbocycles. The minimum atomic E-state index is -3.96. The first-order chi connectivity index (χ1) is 13.0. The summed E-state index contributed by atoms with van der Waals surface area (Å²) in [6, 6.07) is 8.58. The normalized spacial score (nSPS) is 11.1. The van der Waals surface area contributed by atoms with E-state index in [1.165, 1.54) is 50.6 Å². The van der Waals surface area contributed by atoms with Crippen LogP contribution in [0.5, 0.6) is 23.0 Å². The lowest BCUT2D eigenvalue weighted by Gasteiger charge is -2.15. The Morgan fingerprint density at radius 2 is 1.19 bits per heavy atom. The summed E-state index contributed by atoms with van der Waals surface area (Å²) in [5.41, 5.74) is 0. The molecule has 148 valence electrons. The van der Waals surface area contributed by atoms with Gasteiger partial charge in [0.2, 0.25) is 9.84 Å². The third-order valence-corrected chi connectivity index (χ3v) is 5.40. The molecule has 2 rings (SSSR count). The summed E-state index contributed by atoms with van der Waals surface area (Å²) >= 11 is 0. The van der Waals surface area contributed by atoms with Gasteiger partial charge in [-0.15, -0.1) is 0 Å². The minimum absolute atomic E-state index is 0.0522. The highest BCUT2D eigenvalue weighted by molar-refractivity contribution is 7.91. The highest BCUT2D eigenvalue weighted by Crippen LogP contribution is 2.37. The van der Waals surface area contributed by atoms with Crippen LogP contribution in [0.15, 0.2) is 46.2 Å². The van der Waals surface area contributed by atoms with Gasteiger partial charge in [0.15, 0.2) is 0 Å². The first kappa shape index (κ1) is 20.8. The summed E-state index contributed by atoms with van der Waals surface area (Å²) in [4.78, 5) is -0.104. The number of sulfone groups is 1. The van der Waals surface area contributed by atoms with Crippen LogP contribution in [0, 0.1) is 0 Å². The smallest absolute Gasteiger partial charge is 0.213 e. The first-order valence-corrected chi connectivity index (χ1v) is 9.54. The summed E-state index contributed by atoms with van der Waals surface area (Å²) in [6.07, 6.45) is 0. The second-order valence-electron chi connectivity index (χ2n) is 5.27. The fourth-order valence-electron chi connectivity index (χ4n) is 2.36. The second-order valence-corrected chi connectivity index (χ2v) is 7.16. The Bertz CT molecular complexity index is 798. The molecule has 0 heterocycles. The Kier molecular flexibility index (Phi) is 7.28. The average molecular weight is 398 g/mol. The van der Waals surface area contributed by atoms with Crippen LogP contribution in [-0.2, 0) is 9.84 Å². The molecule has 9 heteroatoms. The predicted octanol–water partition coefficient (Wildman–Crippen LogP) is 1.28. The maximum absolute atomic E-state index is 13.1. The Morgan fingerprint density at radius 1 is 0.778 bits per heavy atom. The van der Waals surface area contributed by atoms with Gasteiger partial charge in [-0.2, -0.15) is 0 Å². The van der Waals surface area contributed by atoms with Crippen LogP contribution < -0.4 is 18.9 Å². The molecule has 27 heavy (non-hydrogen) atoms. The molecule has 0 amide bonds. The molecule has 2 aromatic rings. The number of ether oxygens (including phenoxy) is 4. The number of hydrogen-bond donors (Lipinski definition) is 2. The summed E-state index contributed by atoms with van der Waals surface area (Å²) in [5, 5.41) is 17.7. The molecule has 0 bridgehead atoms. The van der Waals surface area contributed by atoms with Gasteiger partial charge in [0.05, 0.1) is 27.4 Å². The molecular weight excluding hydrogens is 376 g/mol. The summed E-state index contributed by atoms with van der Waals surface area (Å²) < 4.78 is 47.2. The molecule has 0 atom stereocenters. The molecule has 0 aliphatic rings. The van der Waals surface area contributed by atoms with Crippen molar-refractivity contribution in [3.8, 4) is 23.0 Å². The van der Waals surface area contributed by atoms with Gasteiger partial charge in [0.1, 0.15) is 46.0 Å². The van der Waals surface area contributed by atoms with E-state index in [1.54, 1.807) is 0 Å². The molecule has 0 saturated heterocycles. The molecule has 0 unspecified atom stereocenters. The van der Waals surface area contributed by atoms with Crippen molar-refractivity contribution in [1.29, 1.82) is 0 Å². The molecule has 0 aromatic heterocycles. The van der Waals surface area contributed by atoms with Crippen molar-refractivity contribution in [2.45, 2.75) is 9.79 Å². The fourth-order valence-corrected chi connectivity index (χ4v) is 3.91. The number of hydrogen-bond acceptors (Lipinski definition) is 8. The van der Waals surface area contributed by atoms with Crippen LogP contribution in [-0.4, -0.2) is 59.3 Å². The molecule has 0 fully saturated rings. The predicted molar refractivity (Wildman–Crippen MR) is 96.6 cm³/mol. The van der Waals surface area contributed by atoms with E-state index in [4.69, 9.17) is 29.2 Å². The highest BCUT2D eigenvalue weighted by atomic mass is 32.2. The van der Waals surface area contributed by atoms with Gasteiger partial charge >= 0.3 is 0 Å². The van der Waals surface area contributed by atoms with Gasteiger partial charge in [-0.1, -0.05) is 0 Å². The largest absolute Gasteiger partial charge is 0.495 e. The van der Waals surface area contributed by atoms with Crippen molar-refractivity contribution in [3.63, 3.8) is 0 Å². The molecule has 0 spiro atoms. The second kappa shape index (κ2) is 9.45. The van der Waals surface area contributed by atoms with E-state index in [9.17, 15) is 8.42 Å². The van der Waals surface area contributed by atoms with E-state index in [0.29, 0.717) is 11.5 Å². The zero-order chi connectivity index (χ0) is 19.9. The Balaban J connectivity index is 2.45. The van der Waals surface area contributed by atoms with Crippen molar-refractivity contribution >= 4 is 9.84 Å². The highest BCUT2D eigenvalue weighted by Gasteiger charge is 2.26. The molecule has 0 radical (unpaired) electrons. The third-order valence-electron chi connectivity index (χ3n) is 3.57. The van der Waals surface area contributed by atoms with E-state index < -0.39 is 9.84 Å². The van der Waals surface area contributed by atoms with Crippen molar-refractivity contribution in [1.82, 2.24) is 0 Å². The monoisotopic (exact) mass is 398 g/mol. The van der Waals surface area contributed by atoms with Gasteiger partial charge in [-0.3, -0.25) is 0 Å². The lowest BCUT2D eigenvalue weighted by molar-refractivity contribution is 0.200. The molecule has 2 N–H and O–H groups in total. The van der Waals surface area contributed by atoms with Gasteiger partial charge in [0.25, 0.3) is 0 Å². The number of methoxy groups -OCH3 is 2. The van der Waals surface area contributed by atoms with Crippen LogP contribution in [0.25, 0.3) is 0 Å². The Hall–Kier alpha value is -2.49. The maximum Gasteiger partial charge on any atom is 0.213 e. The van der Waals surface area contributed by atoms with Crippen molar-refractivity contribution in [2.75, 3.05) is 40.6 Å². The zero-order valence-electron chi connectivity index (χ0n) is 15.0. The molecule has 0 aliphatic heterocycles. The molecule has 2 aromatic carbocycles. The van der Waals surface area contributed by atoms with Crippen molar-refractivity contribution in [3.05, 3.63) is 36.4 Å². The lowest BCUT2D eigenvalue weighted by Crippen LogP contribution is -2.08. The van der Waals surface area contributed by atoms with Crippen molar-refractivity contribution < 1.29 is 37.6 Å². The summed E-state index contributed by atoms with van der Waals surface area (Å²) in [7, 11) is -1.25. The first-order valence-electron chi connectivity index (χ1n) is 8.06. The maximum atomic E-state index is 13.1. The fraction of sp³-hybridized carbons (Fsp3) is 0.333. The summed E-state index contributed by atoms with van der Waals surface area (Å²) in [6.45, 7) is -0.161. The van der Waals surface area contributed by atoms with Gasteiger partial charge in [0, 0.05) is 12.1 Å². The topological polar surface area (TPSA) is 112 Å². The van der Waals surface area contributed by atoms with Crippen LogP contribution in [0.2, 0.25) is 0 Å². The number of rotatable bonds is 10. The lowest BCUT2D eigenvalue weighted by atomic mass is 10.3. The number of aliphatic hydroxyl groups is 2. The van der Waals surface area contributed by atoms with Crippen LogP contribution >= 0.6 is 0 Å². The van der Waals surface area contributed by atoms with E-state index in [-0.39, 0.29) is 47.7 Å². The molecule has 0 saturated carbocycles. The zero-order valence-corrected chi connectivity index (χ0v) is 15.9. The van der Waals surface area contributed by atoms with Crippen LogP contribution in [0.1, 0.15) is 0 Å². The average Bonchev–Trinajstić information content (AvgIpc) is 2.69. The van der Waals surface area contributed by atoms with E-state index in [0.717, 1.165) is 0 Å². The van der Waals surface area contributed by atoms with E-state index >= 15 is 0 Å². The number of benzene rings is 2. The van der Waals surface area contributed by atoms with Crippen LogP contribution in [0.4, 0.5) is 0 Å². The Morgan fingerprint density at radius 3 is 1.52 bits per heavy atom. The molecule has 8 nitrogen and oxygen atoms in total. The van der Waals surface area contributed by atoms with Gasteiger partial charge in [-0.05, 0) is 24.3 Å². The van der Waals surface area contributed by atoms with Crippen molar-refractivity contribution in [2.24, 2.45) is 0 Å². The van der Waals surface area contributed by atoms with Crippen LogP contribution in [0.3, 0.4) is 0 Å². The number of aliphatic hydroxyl groups excluding tert-OH is 2. The van der Waals surface area contributed by atoms with Gasteiger partial charge in [-0.25, -0.2) is 8.42 Å². The minimum Gasteiger partial charge on any atom is -0.495 e. The molecular formula is C18H22O8S.